The maximum absolute atomic E-state index is 12.7. The van der Waals surface area contributed by atoms with Crippen LogP contribution in [0.25, 0.3) is 0 Å². The first-order valence-corrected chi connectivity index (χ1v) is 9.87. The zero-order valence-electron chi connectivity index (χ0n) is 16.6. The van der Waals surface area contributed by atoms with E-state index in [2.05, 4.69) is 21.2 Å². The number of hydrogen-bond donors (Lipinski definition) is 1. The van der Waals surface area contributed by atoms with Crippen LogP contribution in [-0.2, 0) is 11.3 Å². The first-order chi connectivity index (χ1) is 13.6. The highest BCUT2D eigenvalue weighted by Crippen LogP contribution is 2.14. The van der Waals surface area contributed by atoms with E-state index in [1.165, 1.54) is 5.56 Å². The number of amides is 1. The van der Waals surface area contributed by atoms with Crippen molar-refractivity contribution in [2.45, 2.75) is 32.5 Å². The van der Waals surface area contributed by atoms with Crippen LogP contribution in [0.1, 0.15) is 36.6 Å². The first kappa shape index (κ1) is 20.1. The topological polar surface area (TPSA) is 59.4 Å². The predicted molar refractivity (Wildman–Crippen MR) is 110 cm³/mol. The molecule has 28 heavy (non-hydrogen) atoms. The molecule has 1 saturated heterocycles. The molecular formula is C23H28N4O. The van der Waals surface area contributed by atoms with Crippen molar-refractivity contribution in [3.05, 3.63) is 71.3 Å². The van der Waals surface area contributed by atoms with Crippen molar-refractivity contribution in [3.8, 4) is 6.07 Å². The van der Waals surface area contributed by atoms with Gasteiger partial charge in [-0.25, -0.2) is 0 Å². The minimum Gasteiger partial charge on any atom is -0.348 e. The first-order valence-electron chi connectivity index (χ1n) is 9.87. The highest BCUT2D eigenvalue weighted by atomic mass is 16.2. The van der Waals surface area contributed by atoms with Crippen LogP contribution in [0.4, 0.5) is 0 Å². The van der Waals surface area contributed by atoms with Gasteiger partial charge in [-0.2, -0.15) is 5.26 Å². The van der Waals surface area contributed by atoms with Gasteiger partial charge in [0.1, 0.15) is 0 Å². The Hall–Kier alpha value is -2.68. The lowest BCUT2D eigenvalue weighted by atomic mass is 10.1. The molecule has 2 atom stereocenters. The smallest absolute Gasteiger partial charge is 0.237 e. The molecule has 1 aliphatic heterocycles. The lowest BCUT2D eigenvalue weighted by molar-refractivity contribution is -0.127. The molecule has 1 amide bonds. The third kappa shape index (κ3) is 5.19. The molecule has 0 bridgehead atoms. The van der Waals surface area contributed by atoms with Gasteiger partial charge in [0, 0.05) is 32.7 Å². The summed E-state index contributed by atoms with van der Waals surface area (Å²) in [6, 6.07) is 19.8. The molecule has 1 heterocycles. The Morgan fingerprint density at radius 2 is 1.68 bits per heavy atom. The van der Waals surface area contributed by atoms with Crippen molar-refractivity contribution >= 4 is 5.91 Å². The molecule has 0 radical (unpaired) electrons. The number of nitrogens with one attached hydrogen (secondary N) is 1. The second kappa shape index (κ2) is 9.50. The van der Waals surface area contributed by atoms with Crippen molar-refractivity contribution < 1.29 is 4.79 Å². The number of nitrogens with zero attached hydrogens (tertiary/aromatic N) is 3. The van der Waals surface area contributed by atoms with Crippen LogP contribution in [0.15, 0.2) is 54.6 Å². The van der Waals surface area contributed by atoms with Crippen LogP contribution in [0, 0.1) is 11.3 Å². The van der Waals surface area contributed by atoms with Crippen LogP contribution >= 0.6 is 0 Å². The van der Waals surface area contributed by atoms with Crippen LogP contribution in [-0.4, -0.2) is 47.9 Å². The summed E-state index contributed by atoms with van der Waals surface area (Å²) >= 11 is 0. The fourth-order valence-corrected chi connectivity index (χ4v) is 3.58. The molecule has 2 aromatic carbocycles. The third-order valence-corrected chi connectivity index (χ3v) is 5.48. The Bertz CT molecular complexity index is 805. The molecular weight excluding hydrogens is 348 g/mol. The normalized spacial score (nSPS) is 17.5. The van der Waals surface area contributed by atoms with E-state index in [0.717, 1.165) is 38.3 Å². The quantitative estimate of drug-likeness (QED) is 0.842. The molecule has 1 N–H and O–H groups in total. The van der Waals surface area contributed by atoms with Gasteiger partial charge >= 0.3 is 0 Å². The lowest BCUT2D eigenvalue weighted by Crippen LogP contribution is -2.53. The van der Waals surface area contributed by atoms with E-state index in [1.807, 2.05) is 68.4 Å². The number of piperazine rings is 1. The van der Waals surface area contributed by atoms with E-state index in [-0.39, 0.29) is 18.0 Å². The number of rotatable bonds is 6. The van der Waals surface area contributed by atoms with E-state index in [9.17, 15) is 4.79 Å². The largest absolute Gasteiger partial charge is 0.348 e. The molecule has 5 nitrogen and oxygen atoms in total. The average Bonchev–Trinajstić information content (AvgIpc) is 2.75. The summed E-state index contributed by atoms with van der Waals surface area (Å²) in [6.45, 7) is 8.52. The van der Waals surface area contributed by atoms with Crippen LogP contribution in [0.3, 0.4) is 0 Å². The SMILES string of the molecule is CC(NC(=O)C(C)N1CCN(Cc2ccc(C#N)cc2)CC1)c1ccccc1. The van der Waals surface area contributed by atoms with E-state index >= 15 is 0 Å². The minimum atomic E-state index is -0.136. The highest BCUT2D eigenvalue weighted by Gasteiger charge is 2.26. The summed E-state index contributed by atoms with van der Waals surface area (Å²) in [4.78, 5) is 17.3. The molecule has 0 saturated carbocycles. The summed E-state index contributed by atoms with van der Waals surface area (Å²) < 4.78 is 0. The van der Waals surface area contributed by atoms with E-state index in [1.54, 1.807) is 0 Å². The molecule has 2 unspecified atom stereocenters. The zero-order valence-corrected chi connectivity index (χ0v) is 16.6. The molecule has 0 aliphatic carbocycles. The Morgan fingerprint density at radius 1 is 1.04 bits per heavy atom. The van der Waals surface area contributed by atoms with Crippen LogP contribution in [0.2, 0.25) is 0 Å². The van der Waals surface area contributed by atoms with Crippen LogP contribution in [0.5, 0.6) is 0 Å². The number of benzene rings is 2. The van der Waals surface area contributed by atoms with Gasteiger partial charge in [-0.1, -0.05) is 42.5 Å². The van der Waals surface area contributed by atoms with Crippen molar-refractivity contribution in [1.29, 1.82) is 5.26 Å². The number of carbonyl (C=O) groups is 1. The molecule has 1 fully saturated rings. The zero-order chi connectivity index (χ0) is 19.9. The van der Waals surface area contributed by atoms with Gasteiger partial charge < -0.3 is 5.32 Å². The molecule has 0 aromatic heterocycles. The lowest BCUT2D eigenvalue weighted by Gasteiger charge is -2.37. The highest BCUT2D eigenvalue weighted by molar-refractivity contribution is 5.81. The monoisotopic (exact) mass is 376 g/mol. The summed E-state index contributed by atoms with van der Waals surface area (Å²) in [5.41, 5.74) is 3.03. The van der Waals surface area contributed by atoms with E-state index in [0.29, 0.717) is 5.56 Å². The molecule has 2 aromatic rings. The summed E-state index contributed by atoms with van der Waals surface area (Å²) in [5, 5.41) is 12.0. The van der Waals surface area contributed by atoms with Crippen molar-refractivity contribution in [1.82, 2.24) is 15.1 Å². The maximum atomic E-state index is 12.7. The van der Waals surface area contributed by atoms with Gasteiger partial charge in [0.2, 0.25) is 5.91 Å². The van der Waals surface area contributed by atoms with Gasteiger partial charge in [0.05, 0.1) is 23.7 Å². The fraction of sp³-hybridized carbons (Fsp3) is 0.391. The van der Waals surface area contributed by atoms with E-state index in [4.69, 9.17) is 5.26 Å². The summed E-state index contributed by atoms with van der Waals surface area (Å²) in [6.07, 6.45) is 0. The van der Waals surface area contributed by atoms with E-state index < -0.39 is 0 Å². The Balaban J connectivity index is 1.47. The number of nitriles is 1. The molecule has 0 spiro atoms. The van der Waals surface area contributed by atoms with Gasteiger partial charge in [-0.3, -0.25) is 14.6 Å². The van der Waals surface area contributed by atoms with Gasteiger partial charge in [0.15, 0.2) is 0 Å². The Morgan fingerprint density at radius 3 is 2.29 bits per heavy atom. The second-order valence-electron chi connectivity index (χ2n) is 7.44. The third-order valence-electron chi connectivity index (χ3n) is 5.48. The molecule has 1 aliphatic rings. The van der Waals surface area contributed by atoms with Gasteiger partial charge in [-0.05, 0) is 37.1 Å². The van der Waals surface area contributed by atoms with Crippen LogP contribution < -0.4 is 5.32 Å². The van der Waals surface area contributed by atoms with Crippen molar-refractivity contribution in [2.75, 3.05) is 26.2 Å². The number of carbonyl (C=O) groups excluding carboxylic acids is 1. The van der Waals surface area contributed by atoms with Gasteiger partial charge in [-0.15, -0.1) is 0 Å². The Labute approximate surface area is 167 Å². The van der Waals surface area contributed by atoms with Crippen molar-refractivity contribution in [2.24, 2.45) is 0 Å². The van der Waals surface area contributed by atoms with Crippen molar-refractivity contribution in [3.63, 3.8) is 0 Å². The number of hydrogen-bond acceptors (Lipinski definition) is 4. The summed E-state index contributed by atoms with van der Waals surface area (Å²) in [7, 11) is 0. The minimum absolute atomic E-state index is 0.00817. The average molecular weight is 377 g/mol. The molecule has 5 heteroatoms. The second-order valence-corrected chi connectivity index (χ2v) is 7.44. The van der Waals surface area contributed by atoms with Gasteiger partial charge in [0.25, 0.3) is 0 Å². The summed E-state index contributed by atoms with van der Waals surface area (Å²) in [5.74, 6) is 0.0805. The predicted octanol–water partition coefficient (Wildman–Crippen LogP) is 2.94. The maximum Gasteiger partial charge on any atom is 0.237 e. The molecule has 3 rings (SSSR count). The molecule has 146 valence electrons. The standard InChI is InChI=1S/C23H28N4O/c1-18(22-6-4-3-5-7-22)25-23(28)19(2)27-14-12-26(13-15-27)17-21-10-8-20(16-24)9-11-21/h3-11,18-19H,12-15,17H2,1-2H3,(H,25,28). The Kier molecular flexibility index (Phi) is 6.80. The fourth-order valence-electron chi connectivity index (χ4n) is 3.58.